The number of nitrogens with one attached hydrogen (secondary N) is 2. The molecule has 1 aromatic heterocycles. The lowest BCUT2D eigenvalue weighted by Crippen LogP contribution is -2.32. The maximum Gasteiger partial charge on any atom is 0.319 e. The molecule has 2 aromatic rings. The van der Waals surface area contributed by atoms with E-state index in [-0.39, 0.29) is 12.4 Å². The number of urea groups is 1. The van der Waals surface area contributed by atoms with Crippen LogP contribution in [0.5, 0.6) is 0 Å². The molecule has 20 heavy (non-hydrogen) atoms. The Balaban J connectivity index is 1.86. The van der Waals surface area contributed by atoms with Gasteiger partial charge in [0.15, 0.2) is 0 Å². The Morgan fingerprint density at radius 1 is 1.45 bits per heavy atom. The first-order valence-corrected chi connectivity index (χ1v) is 6.08. The van der Waals surface area contributed by atoms with E-state index in [4.69, 9.17) is 4.42 Å². The summed E-state index contributed by atoms with van der Waals surface area (Å²) in [5.41, 5.74) is 1.13. The lowest BCUT2D eigenvalue weighted by Gasteiger charge is -2.12. The monoisotopic (exact) mass is 278 g/mol. The summed E-state index contributed by atoms with van der Waals surface area (Å²) in [6, 6.07) is 6.86. The molecule has 5 nitrogen and oxygen atoms in total. The van der Waals surface area contributed by atoms with Crippen molar-refractivity contribution in [3.05, 3.63) is 53.7 Å². The molecule has 0 spiro atoms. The zero-order valence-corrected chi connectivity index (χ0v) is 10.9. The number of aliphatic hydroxyl groups is 1. The number of aliphatic hydroxyl groups excluding tert-OH is 1. The normalized spacial score (nSPS) is 11.9. The van der Waals surface area contributed by atoms with Gasteiger partial charge in [-0.2, -0.15) is 0 Å². The van der Waals surface area contributed by atoms with Crippen LogP contribution in [0.25, 0.3) is 0 Å². The van der Waals surface area contributed by atoms with Crippen molar-refractivity contribution in [1.82, 2.24) is 5.32 Å². The Labute approximate surface area is 115 Å². The summed E-state index contributed by atoms with van der Waals surface area (Å²) < 4.78 is 17.9. The molecule has 0 saturated heterocycles. The third-order valence-electron chi connectivity index (χ3n) is 2.76. The third kappa shape index (κ3) is 3.58. The highest BCUT2D eigenvalue weighted by atomic mass is 19.1. The zero-order valence-electron chi connectivity index (χ0n) is 10.9. The van der Waals surface area contributed by atoms with Crippen LogP contribution < -0.4 is 10.6 Å². The number of furan rings is 1. The maximum atomic E-state index is 12.9. The smallest absolute Gasteiger partial charge is 0.319 e. The maximum absolute atomic E-state index is 12.9. The number of amides is 2. The van der Waals surface area contributed by atoms with Crippen LogP contribution in [0.3, 0.4) is 0 Å². The van der Waals surface area contributed by atoms with Crippen molar-refractivity contribution < 1.29 is 18.7 Å². The van der Waals surface area contributed by atoms with Crippen LogP contribution in [0.2, 0.25) is 0 Å². The van der Waals surface area contributed by atoms with E-state index in [1.54, 1.807) is 19.1 Å². The summed E-state index contributed by atoms with van der Waals surface area (Å²) in [5, 5.41) is 14.8. The number of carbonyl (C=O) groups excluding carboxylic acids is 1. The van der Waals surface area contributed by atoms with Crippen LogP contribution in [0.1, 0.15) is 17.4 Å². The standard InChI is InChI=1S/C14H15FN2O3/c1-9-7-10(15)4-5-11(9)17-14(19)16-8-12(18)13-3-2-6-20-13/h2-7,12,18H,8H2,1H3,(H2,16,17,19). The van der Waals surface area contributed by atoms with E-state index in [9.17, 15) is 14.3 Å². The summed E-state index contributed by atoms with van der Waals surface area (Å²) in [6.45, 7) is 1.70. The molecule has 1 heterocycles. The molecule has 0 bridgehead atoms. The Kier molecular flexibility index (Phi) is 4.37. The molecular weight excluding hydrogens is 263 g/mol. The third-order valence-corrected chi connectivity index (χ3v) is 2.76. The molecule has 3 N–H and O–H groups in total. The molecule has 0 aliphatic heterocycles. The largest absolute Gasteiger partial charge is 0.467 e. The minimum atomic E-state index is -0.912. The zero-order chi connectivity index (χ0) is 14.5. The molecule has 6 heteroatoms. The lowest BCUT2D eigenvalue weighted by atomic mass is 10.2. The molecule has 1 unspecified atom stereocenters. The van der Waals surface area contributed by atoms with Gasteiger partial charge in [-0.1, -0.05) is 0 Å². The fourth-order valence-electron chi connectivity index (χ4n) is 1.70. The van der Waals surface area contributed by atoms with E-state index in [0.717, 1.165) is 0 Å². The fourth-order valence-corrected chi connectivity index (χ4v) is 1.70. The van der Waals surface area contributed by atoms with E-state index in [1.165, 1.54) is 24.5 Å². The van der Waals surface area contributed by atoms with Crippen molar-refractivity contribution in [3.63, 3.8) is 0 Å². The Morgan fingerprint density at radius 3 is 2.90 bits per heavy atom. The lowest BCUT2D eigenvalue weighted by molar-refractivity contribution is 0.149. The molecule has 0 fully saturated rings. The van der Waals surface area contributed by atoms with E-state index < -0.39 is 12.1 Å². The van der Waals surface area contributed by atoms with Gasteiger partial charge in [0.2, 0.25) is 0 Å². The number of aryl methyl sites for hydroxylation is 1. The highest BCUT2D eigenvalue weighted by Gasteiger charge is 2.12. The SMILES string of the molecule is Cc1cc(F)ccc1NC(=O)NCC(O)c1ccco1. The van der Waals surface area contributed by atoms with Gasteiger partial charge in [0, 0.05) is 5.69 Å². The number of hydrogen-bond acceptors (Lipinski definition) is 3. The number of benzene rings is 1. The first-order valence-electron chi connectivity index (χ1n) is 6.08. The van der Waals surface area contributed by atoms with Crippen LogP contribution >= 0.6 is 0 Å². The van der Waals surface area contributed by atoms with Crippen molar-refractivity contribution in [2.45, 2.75) is 13.0 Å². The predicted octanol–water partition coefficient (Wildman–Crippen LogP) is 2.58. The number of anilines is 1. The second-order valence-electron chi connectivity index (χ2n) is 4.33. The molecule has 0 aliphatic rings. The van der Waals surface area contributed by atoms with Crippen LogP contribution in [0.15, 0.2) is 41.0 Å². The molecule has 0 saturated carbocycles. The van der Waals surface area contributed by atoms with Gasteiger partial charge in [-0.15, -0.1) is 0 Å². The van der Waals surface area contributed by atoms with Gasteiger partial charge < -0.3 is 20.2 Å². The molecule has 2 amide bonds. The average Bonchev–Trinajstić information content (AvgIpc) is 2.93. The highest BCUT2D eigenvalue weighted by Crippen LogP contribution is 2.15. The molecule has 106 valence electrons. The summed E-state index contributed by atoms with van der Waals surface area (Å²) in [7, 11) is 0. The number of halogens is 1. The summed E-state index contributed by atoms with van der Waals surface area (Å²) in [5.74, 6) is 0.0185. The molecule has 0 radical (unpaired) electrons. The second kappa shape index (κ2) is 6.21. The molecule has 1 atom stereocenters. The quantitative estimate of drug-likeness (QED) is 0.804. The molecule has 2 rings (SSSR count). The molecular formula is C14H15FN2O3. The van der Waals surface area contributed by atoms with Crippen molar-refractivity contribution >= 4 is 11.7 Å². The van der Waals surface area contributed by atoms with Gasteiger partial charge in [0.25, 0.3) is 0 Å². The van der Waals surface area contributed by atoms with Gasteiger partial charge in [-0.25, -0.2) is 9.18 Å². The highest BCUT2D eigenvalue weighted by molar-refractivity contribution is 5.90. The van der Waals surface area contributed by atoms with Crippen LogP contribution in [0.4, 0.5) is 14.9 Å². The Morgan fingerprint density at radius 2 is 2.25 bits per heavy atom. The van der Waals surface area contributed by atoms with Gasteiger partial charge in [0.05, 0.1) is 12.8 Å². The summed E-state index contributed by atoms with van der Waals surface area (Å²) in [4.78, 5) is 11.7. The van der Waals surface area contributed by atoms with Crippen LogP contribution in [-0.2, 0) is 0 Å². The van der Waals surface area contributed by atoms with Crippen molar-refractivity contribution in [1.29, 1.82) is 0 Å². The topological polar surface area (TPSA) is 74.5 Å². The average molecular weight is 278 g/mol. The first kappa shape index (κ1) is 14.1. The van der Waals surface area contributed by atoms with Crippen molar-refractivity contribution in [2.24, 2.45) is 0 Å². The van der Waals surface area contributed by atoms with E-state index in [2.05, 4.69) is 10.6 Å². The van der Waals surface area contributed by atoms with E-state index in [0.29, 0.717) is 17.0 Å². The number of rotatable bonds is 4. The first-order chi connectivity index (χ1) is 9.56. The fraction of sp³-hybridized carbons (Fsp3) is 0.214. The van der Waals surface area contributed by atoms with Gasteiger partial charge in [-0.05, 0) is 42.8 Å². The summed E-state index contributed by atoms with van der Waals surface area (Å²) >= 11 is 0. The second-order valence-corrected chi connectivity index (χ2v) is 4.33. The van der Waals surface area contributed by atoms with Gasteiger partial charge in [-0.3, -0.25) is 0 Å². The number of carbonyl (C=O) groups is 1. The summed E-state index contributed by atoms with van der Waals surface area (Å²) in [6.07, 6.45) is 0.533. The van der Waals surface area contributed by atoms with E-state index >= 15 is 0 Å². The molecule has 1 aromatic carbocycles. The predicted molar refractivity (Wildman–Crippen MR) is 71.8 cm³/mol. The minimum Gasteiger partial charge on any atom is -0.467 e. The number of hydrogen-bond donors (Lipinski definition) is 3. The Hall–Kier alpha value is -2.34. The van der Waals surface area contributed by atoms with Gasteiger partial charge >= 0.3 is 6.03 Å². The Bertz CT molecular complexity index is 584. The van der Waals surface area contributed by atoms with Gasteiger partial charge in [0.1, 0.15) is 17.7 Å². The van der Waals surface area contributed by atoms with E-state index in [1.807, 2.05) is 0 Å². The minimum absolute atomic E-state index is 0.0135. The van der Waals surface area contributed by atoms with Crippen molar-refractivity contribution in [2.75, 3.05) is 11.9 Å². The van der Waals surface area contributed by atoms with Crippen LogP contribution in [-0.4, -0.2) is 17.7 Å². The van der Waals surface area contributed by atoms with Crippen LogP contribution in [0, 0.1) is 12.7 Å². The molecule has 0 aliphatic carbocycles. The van der Waals surface area contributed by atoms with Crippen molar-refractivity contribution in [3.8, 4) is 0 Å².